The fourth-order valence-electron chi connectivity index (χ4n) is 1.67. The maximum atomic E-state index is 9.95. The molecule has 1 aliphatic heterocycles. The molecule has 0 saturated carbocycles. The Labute approximate surface area is 79.2 Å². The molecule has 13 heavy (non-hydrogen) atoms. The van der Waals surface area contributed by atoms with Gasteiger partial charge in [-0.25, -0.2) is 0 Å². The van der Waals surface area contributed by atoms with E-state index in [1.807, 2.05) is 11.8 Å². The highest BCUT2D eigenvalue weighted by molar-refractivity contribution is 5.80. The third-order valence-electron chi connectivity index (χ3n) is 2.66. The Morgan fingerprint density at radius 1 is 1.69 bits per heavy atom. The first-order valence-corrected chi connectivity index (χ1v) is 4.44. The molecule has 1 N–H and O–H groups in total. The van der Waals surface area contributed by atoms with E-state index in [9.17, 15) is 5.11 Å². The number of likely N-dealkylation sites (tertiary alicyclic amines) is 1. The van der Waals surface area contributed by atoms with Gasteiger partial charge in [0.1, 0.15) is 11.7 Å². The summed E-state index contributed by atoms with van der Waals surface area (Å²) in [6.07, 6.45) is -0.121. The quantitative estimate of drug-likeness (QED) is 0.467. The zero-order chi connectivity index (χ0) is 10.1. The summed E-state index contributed by atoms with van der Waals surface area (Å²) < 4.78 is 5.20. The lowest BCUT2D eigenvalue weighted by atomic mass is 10.0. The first-order valence-electron chi connectivity index (χ1n) is 4.44. The predicted octanol–water partition coefficient (Wildman–Crippen LogP) is 0.116. The summed E-state index contributed by atoms with van der Waals surface area (Å²) >= 11 is 0. The molecule has 0 aromatic carbocycles. The molecule has 0 unspecified atom stereocenters. The number of hydrogen-bond acceptors (Lipinski definition) is 3. The van der Waals surface area contributed by atoms with Gasteiger partial charge in [0, 0.05) is 20.7 Å². The van der Waals surface area contributed by atoms with E-state index in [0.29, 0.717) is 13.1 Å². The smallest absolute Gasteiger partial charge is 0.107 e. The summed E-state index contributed by atoms with van der Waals surface area (Å²) in [5, 5.41) is 9.95. The molecule has 1 aliphatic rings. The molecule has 0 bridgehead atoms. The van der Waals surface area contributed by atoms with Crippen molar-refractivity contribution in [3.63, 3.8) is 0 Å². The van der Waals surface area contributed by atoms with Gasteiger partial charge in [-0.3, -0.25) is 4.99 Å². The third kappa shape index (κ3) is 2.00. The maximum absolute atomic E-state index is 9.95. The van der Waals surface area contributed by atoms with Gasteiger partial charge in [-0.15, -0.1) is 0 Å². The van der Waals surface area contributed by atoms with E-state index in [-0.39, 0.29) is 6.10 Å². The van der Waals surface area contributed by atoms with Crippen molar-refractivity contribution >= 4 is 5.84 Å². The largest absolute Gasteiger partial charge is 0.386 e. The molecule has 0 aromatic heterocycles. The van der Waals surface area contributed by atoms with Crippen LogP contribution in [0.3, 0.4) is 0 Å². The average Bonchev–Trinajstić information content (AvgIpc) is 2.39. The van der Waals surface area contributed by atoms with Crippen LogP contribution in [-0.4, -0.2) is 54.8 Å². The Morgan fingerprint density at radius 2 is 2.31 bits per heavy atom. The van der Waals surface area contributed by atoms with Crippen LogP contribution in [0.25, 0.3) is 0 Å². The van der Waals surface area contributed by atoms with Crippen LogP contribution in [0.4, 0.5) is 0 Å². The summed E-state index contributed by atoms with van der Waals surface area (Å²) in [6.45, 7) is 5.04. The maximum Gasteiger partial charge on any atom is 0.107 e. The van der Waals surface area contributed by atoms with Crippen LogP contribution in [-0.2, 0) is 4.74 Å². The van der Waals surface area contributed by atoms with Crippen molar-refractivity contribution in [2.45, 2.75) is 25.6 Å². The topological polar surface area (TPSA) is 45.1 Å². The molecule has 0 aromatic rings. The van der Waals surface area contributed by atoms with E-state index >= 15 is 0 Å². The van der Waals surface area contributed by atoms with Gasteiger partial charge in [0.2, 0.25) is 0 Å². The van der Waals surface area contributed by atoms with Gasteiger partial charge in [0.15, 0.2) is 0 Å². The van der Waals surface area contributed by atoms with E-state index in [4.69, 9.17) is 4.74 Å². The number of ether oxygens (including phenoxy) is 1. The number of nitrogens with zero attached hydrogens (tertiary/aromatic N) is 2. The van der Waals surface area contributed by atoms with Crippen molar-refractivity contribution in [1.29, 1.82) is 0 Å². The van der Waals surface area contributed by atoms with E-state index < -0.39 is 5.60 Å². The van der Waals surface area contributed by atoms with Gasteiger partial charge in [-0.05, 0) is 13.8 Å². The molecule has 1 fully saturated rings. The molecular formula is C9H18N2O2. The fourth-order valence-corrected chi connectivity index (χ4v) is 1.67. The van der Waals surface area contributed by atoms with Gasteiger partial charge >= 0.3 is 0 Å². The Bertz CT molecular complexity index is 214. The van der Waals surface area contributed by atoms with Gasteiger partial charge in [0.05, 0.1) is 12.4 Å². The molecule has 1 heterocycles. The number of β-amino-alcohol motifs (C(OH)–C–C–N with tert-alkyl or cyclic N) is 1. The zero-order valence-electron chi connectivity index (χ0n) is 8.74. The molecule has 1 rings (SSSR count). The highest BCUT2D eigenvalue weighted by Gasteiger charge is 2.42. The minimum atomic E-state index is -0.763. The minimum Gasteiger partial charge on any atom is -0.386 e. The number of hydrogen-bond donors (Lipinski definition) is 1. The lowest BCUT2D eigenvalue weighted by Crippen LogP contribution is -2.39. The second kappa shape index (κ2) is 3.64. The SMILES string of the molecule is C/N=C(\C)N1C[C@H](OC)[C@](C)(O)C1. The first-order chi connectivity index (χ1) is 6.01. The van der Waals surface area contributed by atoms with Crippen LogP contribution in [0.1, 0.15) is 13.8 Å². The molecule has 0 radical (unpaired) electrons. The van der Waals surface area contributed by atoms with Crippen molar-refractivity contribution in [3.8, 4) is 0 Å². The lowest BCUT2D eigenvalue weighted by Gasteiger charge is -2.22. The number of aliphatic hydroxyl groups is 1. The molecule has 4 nitrogen and oxygen atoms in total. The van der Waals surface area contributed by atoms with Crippen LogP contribution >= 0.6 is 0 Å². The zero-order valence-corrected chi connectivity index (χ0v) is 8.74. The van der Waals surface area contributed by atoms with E-state index in [1.54, 1.807) is 21.1 Å². The minimum absolute atomic E-state index is 0.121. The van der Waals surface area contributed by atoms with Gasteiger partial charge in [-0.2, -0.15) is 0 Å². The summed E-state index contributed by atoms with van der Waals surface area (Å²) in [4.78, 5) is 6.12. The molecule has 2 atom stereocenters. The Morgan fingerprint density at radius 3 is 2.69 bits per heavy atom. The van der Waals surface area contributed by atoms with Crippen LogP contribution in [0.2, 0.25) is 0 Å². The van der Waals surface area contributed by atoms with E-state index in [2.05, 4.69) is 4.99 Å². The van der Waals surface area contributed by atoms with Crippen LogP contribution in [0.5, 0.6) is 0 Å². The molecule has 4 heteroatoms. The van der Waals surface area contributed by atoms with Crippen molar-refractivity contribution in [3.05, 3.63) is 0 Å². The summed E-state index contributed by atoms with van der Waals surface area (Å²) in [5.74, 6) is 0.944. The monoisotopic (exact) mass is 186 g/mol. The van der Waals surface area contributed by atoms with Gasteiger partial charge in [-0.1, -0.05) is 0 Å². The fraction of sp³-hybridized carbons (Fsp3) is 0.889. The highest BCUT2D eigenvalue weighted by Crippen LogP contribution is 2.23. The van der Waals surface area contributed by atoms with Crippen molar-refractivity contribution in [2.75, 3.05) is 27.2 Å². The second-order valence-corrected chi connectivity index (χ2v) is 3.73. The average molecular weight is 186 g/mol. The number of aliphatic imine (C=N–C) groups is 1. The van der Waals surface area contributed by atoms with Crippen LogP contribution in [0.15, 0.2) is 4.99 Å². The molecule has 0 spiro atoms. The number of rotatable bonds is 1. The van der Waals surface area contributed by atoms with E-state index in [1.165, 1.54) is 0 Å². The molecular weight excluding hydrogens is 168 g/mol. The van der Waals surface area contributed by atoms with Crippen molar-refractivity contribution < 1.29 is 9.84 Å². The lowest BCUT2D eigenvalue weighted by molar-refractivity contribution is -0.0474. The molecule has 0 amide bonds. The summed E-state index contributed by atoms with van der Waals surface area (Å²) in [5.41, 5.74) is -0.763. The Hall–Kier alpha value is -0.610. The van der Waals surface area contributed by atoms with Gasteiger partial charge < -0.3 is 14.7 Å². The predicted molar refractivity (Wildman–Crippen MR) is 52.0 cm³/mol. The Kier molecular flexibility index (Phi) is 2.93. The number of methoxy groups -OCH3 is 1. The first kappa shape index (κ1) is 10.5. The number of amidine groups is 1. The molecule has 0 aliphatic carbocycles. The summed E-state index contributed by atoms with van der Waals surface area (Å²) in [7, 11) is 3.38. The highest BCUT2D eigenvalue weighted by atomic mass is 16.5. The van der Waals surface area contributed by atoms with Crippen LogP contribution < -0.4 is 0 Å². The summed E-state index contributed by atoms with van der Waals surface area (Å²) in [6, 6.07) is 0. The molecule has 76 valence electrons. The van der Waals surface area contributed by atoms with Crippen molar-refractivity contribution in [2.24, 2.45) is 4.99 Å². The molecule has 1 saturated heterocycles. The normalized spacial score (nSPS) is 35.6. The van der Waals surface area contributed by atoms with Crippen LogP contribution in [0, 0.1) is 0 Å². The standard InChI is InChI=1S/C9H18N2O2/c1-7(10-3)11-5-8(13-4)9(2,12)6-11/h8,12H,5-6H2,1-4H3/b10-7+/t8-,9+/m0/s1. The van der Waals surface area contributed by atoms with Gasteiger partial charge in [0.25, 0.3) is 0 Å². The second-order valence-electron chi connectivity index (χ2n) is 3.73. The van der Waals surface area contributed by atoms with Crippen molar-refractivity contribution in [1.82, 2.24) is 4.90 Å². The van der Waals surface area contributed by atoms with E-state index in [0.717, 1.165) is 5.84 Å². The third-order valence-corrected chi connectivity index (χ3v) is 2.66. The Balaban J connectivity index is 2.69.